The number of furan rings is 1. The van der Waals surface area contributed by atoms with Crippen LogP contribution in [0.5, 0.6) is 0 Å². The minimum absolute atomic E-state index is 0.686. The standard InChI is InChI=1S/C62H39N3O/c1-3-14-41(15-4-1)60-55-39-47(32-34-56(55)63-62(64-60)42-30-28-40(29-31-42)50-24-13-25-53-52-23-8-10-27-59(52)66-61(50)53)45-18-11-16-43(36-45)44-17-12-19-46(37-44)48-33-35-58-54(38-48)51-22-7-9-26-57(51)65(58)49-20-5-2-6-21-49/h1-39H. The minimum atomic E-state index is 0.686. The fourth-order valence-corrected chi connectivity index (χ4v) is 9.79. The van der Waals surface area contributed by atoms with Gasteiger partial charge >= 0.3 is 0 Å². The summed E-state index contributed by atoms with van der Waals surface area (Å²) in [5.74, 6) is 0.686. The van der Waals surface area contributed by atoms with Gasteiger partial charge in [0, 0.05) is 49.3 Å². The number of nitrogens with zero attached hydrogens (tertiary/aromatic N) is 3. The first kappa shape index (κ1) is 37.7. The Morgan fingerprint density at radius 3 is 1.59 bits per heavy atom. The lowest BCUT2D eigenvalue weighted by atomic mass is 9.95. The summed E-state index contributed by atoms with van der Waals surface area (Å²) >= 11 is 0. The van der Waals surface area contributed by atoms with E-state index in [4.69, 9.17) is 14.4 Å². The highest BCUT2D eigenvalue weighted by Crippen LogP contribution is 2.39. The van der Waals surface area contributed by atoms with Crippen LogP contribution in [0.4, 0.5) is 0 Å². The molecule has 0 aliphatic heterocycles. The molecule has 0 bridgehead atoms. The molecule has 66 heavy (non-hydrogen) atoms. The topological polar surface area (TPSA) is 43.9 Å². The zero-order valence-corrected chi connectivity index (χ0v) is 35.8. The Labute approximate surface area is 381 Å². The highest BCUT2D eigenvalue weighted by Gasteiger charge is 2.17. The van der Waals surface area contributed by atoms with Crippen molar-refractivity contribution in [3.05, 3.63) is 237 Å². The van der Waals surface area contributed by atoms with Crippen LogP contribution in [0.15, 0.2) is 241 Å². The number of hydrogen-bond acceptors (Lipinski definition) is 3. The van der Waals surface area contributed by atoms with Gasteiger partial charge in [-0.25, -0.2) is 9.97 Å². The van der Waals surface area contributed by atoms with Crippen LogP contribution in [0.3, 0.4) is 0 Å². The minimum Gasteiger partial charge on any atom is -0.455 e. The van der Waals surface area contributed by atoms with Gasteiger partial charge in [-0.1, -0.05) is 176 Å². The van der Waals surface area contributed by atoms with Gasteiger partial charge in [0.25, 0.3) is 0 Å². The maximum Gasteiger partial charge on any atom is 0.160 e. The molecule has 0 aliphatic carbocycles. The lowest BCUT2D eigenvalue weighted by Crippen LogP contribution is -1.96. The molecule has 0 unspecified atom stereocenters. The number of benzene rings is 10. The molecule has 10 aromatic carbocycles. The highest BCUT2D eigenvalue weighted by molar-refractivity contribution is 6.11. The lowest BCUT2D eigenvalue weighted by molar-refractivity contribution is 0.670. The fourth-order valence-electron chi connectivity index (χ4n) is 9.79. The van der Waals surface area contributed by atoms with Crippen LogP contribution in [-0.2, 0) is 0 Å². The second-order valence-electron chi connectivity index (χ2n) is 16.9. The van der Waals surface area contributed by atoms with Gasteiger partial charge in [0.1, 0.15) is 11.2 Å². The summed E-state index contributed by atoms with van der Waals surface area (Å²) in [5.41, 5.74) is 18.2. The van der Waals surface area contributed by atoms with Crippen molar-refractivity contribution in [2.24, 2.45) is 0 Å². The summed E-state index contributed by atoms with van der Waals surface area (Å²) in [5, 5.41) is 5.74. The number of para-hydroxylation sites is 4. The summed E-state index contributed by atoms with van der Waals surface area (Å²) in [4.78, 5) is 10.5. The maximum absolute atomic E-state index is 6.37. The Morgan fingerprint density at radius 2 is 0.848 bits per heavy atom. The summed E-state index contributed by atoms with van der Waals surface area (Å²) in [6.45, 7) is 0. The molecule has 3 aromatic heterocycles. The first-order valence-corrected chi connectivity index (χ1v) is 22.4. The van der Waals surface area contributed by atoms with Crippen LogP contribution in [0, 0.1) is 0 Å². The van der Waals surface area contributed by atoms with E-state index in [0.717, 1.165) is 83.2 Å². The van der Waals surface area contributed by atoms with E-state index in [1.54, 1.807) is 0 Å². The van der Waals surface area contributed by atoms with Crippen LogP contribution >= 0.6 is 0 Å². The van der Waals surface area contributed by atoms with E-state index in [0.29, 0.717) is 5.82 Å². The van der Waals surface area contributed by atoms with Crippen molar-refractivity contribution >= 4 is 54.6 Å². The Bertz CT molecular complexity index is 3980. The molecular weight excluding hydrogens is 803 g/mol. The van der Waals surface area contributed by atoms with Gasteiger partial charge in [-0.15, -0.1) is 0 Å². The van der Waals surface area contributed by atoms with E-state index in [9.17, 15) is 0 Å². The Morgan fingerprint density at radius 1 is 0.318 bits per heavy atom. The molecule has 4 nitrogen and oxygen atoms in total. The SMILES string of the molecule is c1ccc(-c2nc(-c3ccc(-c4cccc5c4oc4ccccc45)cc3)nc3ccc(-c4cccc(-c5cccc(-c6ccc7c(c6)c6ccccc6n7-c6ccccc6)c5)c4)cc23)cc1. The molecule has 0 saturated heterocycles. The van der Waals surface area contributed by atoms with E-state index < -0.39 is 0 Å². The molecule has 13 aromatic rings. The van der Waals surface area contributed by atoms with Gasteiger partial charge in [0.2, 0.25) is 0 Å². The summed E-state index contributed by atoms with van der Waals surface area (Å²) in [7, 11) is 0. The van der Waals surface area contributed by atoms with Crippen molar-refractivity contribution in [3.8, 4) is 72.8 Å². The Hall–Kier alpha value is -8.86. The number of hydrogen-bond donors (Lipinski definition) is 0. The number of fused-ring (bicyclic) bond motifs is 7. The van der Waals surface area contributed by atoms with Crippen LogP contribution < -0.4 is 0 Å². The Balaban J connectivity index is 0.846. The fraction of sp³-hybridized carbons (Fsp3) is 0. The van der Waals surface area contributed by atoms with E-state index in [2.05, 4.69) is 223 Å². The molecule has 0 saturated carbocycles. The van der Waals surface area contributed by atoms with Crippen molar-refractivity contribution in [1.29, 1.82) is 0 Å². The molecule has 0 radical (unpaired) electrons. The van der Waals surface area contributed by atoms with Crippen molar-refractivity contribution in [1.82, 2.24) is 14.5 Å². The smallest absolute Gasteiger partial charge is 0.160 e. The largest absolute Gasteiger partial charge is 0.455 e. The first-order chi connectivity index (χ1) is 32.7. The molecule has 0 amide bonds. The summed E-state index contributed by atoms with van der Waals surface area (Å²) < 4.78 is 8.73. The predicted molar refractivity (Wildman–Crippen MR) is 274 cm³/mol. The zero-order valence-electron chi connectivity index (χ0n) is 35.8. The quantitative estimate of drug-likeness (QED) is 0.161. The van der Waals surface area contributed by atoms with Crippen molar-refractivity contribution in [2.75, 3.05) is 0 Å². The predicted octanol–water partition coefficient (Wildman–Crippen LogP) is 16.6. The molecule has 308 valence electrons. The third kappa shape index (κ3) is 6.38. The average molecular weight is 842 g/mol. The molecule has 0 spiro atoms. The van der Waals surface area contributed by atoms with Gasteiger partial charge in [-0.3, -0.25) is 0 Å². The summed E-state index contributed by atoms with van der Waals surface area (Å²) in [6.07, 6.45) is 0. The van der Waals surface area contributed by atoms with Crippen molar-refractivity contribution in [3.63, 3.8) is 0 Å². The molecule has 0 fully saturated rings. The molecule has 13 rings (SSSR count). The third-order valence-corrected chi connectivity index (χ3v) is 13.0. The molecule has 3 heterocycles. The molecule has 0 aliphatic rings. The van der Waals surface area contributed by atoms with E-state index in [1.807, 2.05) is 18.2 Å². The van der Waals surface area contributed by atoms with E-state index in [1.165, 1.54) is 38.5 Å². The second-order valence-corrected chi connectivity index (χ2v) is 16.9. The van der Waals surface area contributed by atoms with Crippen molar-refractivity contribution < 1.29 is 4.42 Å². The highest BCUT2D eigenvalue weighted by atomic mass is 16.3. The van der Waals surface area contributed by atoms with Crippen LogP contribution in [-0.4, -0.2) is 14.5 Å². The third-order valence-electron chi connectivity index (χ3n) is 13.0. The summed E-state index contributed by atoms with van der Waals surface area (Å²) in [6, 6.07) is 84.0. The monoisotopic (exact) mass is 841 g/mol. The molecule has 0 atom stereocenters. The van der Waals surface area contributed by atoms with Gasteiger partial charge in [-0.05, 0) is 99.6 Å². The average Bonchev–Trinajstić information content (AvgIpc) is 3.95. The van der Waals surface area contributed by atoms with Gasteiger partial charge < -0.3 is 8.98 Å². The van der Waals surface area contributed by atoms with Gasteiger partial charge in [-0.2, -0.15) is 0 Å². The van der Waals surface area contributed by atoms with Gasteiger partial charge in [0.05, 0.1) is 22.2 Å². The molecule has 4 heteroatoms. The normalized spacial score (nSPS) is 11.6. The van der Waals surface area contributed by atoms with Crippen LogP contribution in [0.25, 0.3) is 127 Å². The van der Waals surface area contributed by atoms with Crippen LogP contribution in [0.2, 0.25) is 0 Å². The van der Waals surface area contributed by atoms with Crippen molar-refractivity contribution in [2.45, 2.75) is 0 Å². The molecular formula is C62H39N3O. The second kappa shape index (κ2) is 15.4. The van der Waals surface area contributed by atoms with E-state index in [-0.39, 0.29) is 0 Å². The number of aromatic nitrogens is 3. The zero-order chi connectivity index (χ0) is 43.6. The van der Waals surface area contributed by atoms with Gasteiger partial charge in [0.15, 0.2) is 5.82 Å². The lowest BCUT2D eigenvalue weighted by Gasteiger charge is -2.13. The van der Waals surface area contributed by atoms with Crippen LogP contribution in [0.1, 0.15) is 0 Å². The molecule has 0 N–H and O–H groups in total. The number of rotatable bonds is 7. The Kier molecular flexibility index (Phi) is 8.81. The maximum atomic E-state index is 6.37. The first-order valence-electron chi connectivity index (χ1n) is 22.4. The van der Waals surface area contributed by atoms with E-state index >= 15 is 0 Å².